The number of imidazole rings is 1. The van der Waals surface area contributed by atoms with Gasteiger partial charge in [-0.1, -0.05) is 11.6 Å². The summed E-state index contributed by atoms with van der Waals surface area (Å²) in [5, 5.41) is 3.96. The van der Waals surface area contributed by atoms with Crippen LogP contribution in [0.4, 0.5) is 5.82 Å². The fraction of sp³-hybridized carbons (Fsp3) is 0.273. The van der Waals surface area contributed by atoms with Crippen LogP contribution in [0.1, 0.15) is 29.7 Å². The SMILES string of the molecule is COc1c(C(C)Nc2ncnc3nc[nH]c23)cc(Cl)c(C)c1C1=CC(C(=O)N(C)C)=CNN1. The molecule has 0 spiro atoms. The Kier molecular flexibility index (Phi) is 6.10. The lowest BCUT2D eigenvalue weighted by Crippen LogP contribution is -2.33. The molecule has 4 rings (SSSR count). The quantitative estimate of drug-likeness (QED) is 0.436. The average Bonchev–Trinajstić information content (AvgIpc) is 3.29. The van der Waals surface area contributed by atoms with Gasteiger partial charge < -0.3 is 30.8 Å². The number of hydrazine groups is 1. The molecule has 3 aromatic rings. The maximum atomic E-state index is 12.5. The normalized spacial score (nSPS) is 14.0. The number of halogens is 1. The number of aromatic amines is 1. The van der Waals surface area contributed by atoms with E-state index in [0.717, 1.165) is 16.7 Å². The number of amides is 1. The lowest BCUT2D eigenvalue weighted by atomic mass is 9.95. The van der Waals surface area contributed by atoms with Crippen molar-refractivity contribution in [3.8, 4) is 5.75 Å². The number of fused-ring (bicyclic) bond motifs is 1. The van der Waals surface area contributed by atoms with Crippen LogP contribution in [0.5, 0.6) is 5.75 Å². The number of likely N-dealkylation sites (N-methyl/N-ethyl adjacent to an activating group) is 1. The molecule has 0 aliphatic carbocycles. The third kappa shape index (κ3) is 4.17. The van der Waals surface area contributed by atoms with E-state index in [9.17, 15) is 4.79 Å². The molecule has 10 nitrogen and oxygen atoms in total. The van der Waals surface area contributed by atoms with Crippen molar-refractivity contribution in [1.29, 1.82) is 0 Å². The van der Waals surface area contributed by atoms with Gasteiger partial charge >= 0.3 is 0 Å². The monoisotopic (exact) mass is 468 g/mol. The Bertz CT molecular complexity index is 1280. The molecule has 0 bridgehead atoms. The number of carbonyl (C=O) groups is 1. The molecular weight excluding hydrogens is 444 g/mol. The number of benzene rings is 1. The van der Waals surface area contributed by atoms with Gasteiger partial charge in [0.1, 0.15) is 17.6 Å². The third-order valence-corrected chi connectivity index (χ3v) is 5.80. The summed E-state index contributed by atoms with van der Waals surface area (Å²) in [6.07, 6.45) is 6.43. The predicted octanol–water partition coefficient (Wildman–Crippen LogP) is 2.92. The van der Waals surface area contributed by atoms with Gasteiger partial charge in [-0.25, -0.2) is 15.0 Å². The molecule has 0 saturated carbocycles. The minimum atomic E-state index is -0.228. The average molecular weight is 469 g/mol. The van der Waals surface area contributed by atoms with Crippen molar-refractivity contribution >= 4 is 40.2 Å². The molecule has 4 N–H and O–H groups in total. The van der Waals surface area contributed by atoms with Crippen molar-refractivity contribution in [3.05, 3.63) is 58.3 Å². The number of nitrogens with zero attached hydrogens (tertiary/aromatic N) is 4. The van der Waals surface area contributed by atoms with Crippen molar-refractivity contribution < 1.29 is 9.53 Å². The van der Waals surface area contributed by atoms with E-state index >= 15 is 0 Å². The largest absolute Gasteiger partial charge is 0.496 e. The number of carbonyl (C=O) groups excluding carboxylic acids is 1. The maximum Gasteiger partial charge on any atom is 0.254 e. The van der Waals surface area contributed by atoms with Crippen LogP contribution in [-0.2, 0) is 4.79 Å². The van der Waals surface area contributed by atoms with Crippen LogP contribution in [0.3, 0.4) is 0 Å². The number of hydrogen-bond donors (Lipinski definition) is 4. The first kappa shape index (κ1) is 22.4. The first-order valence-corrected chi connectivity index (χ1v) is 10.6. The molecule has 1 amide bonds. The maximum absolute atomic E-state index is 12.5. The zero-order valence-corrected chi connectivity index (χ0v) is 19.7. The first-order valence-electron chi connectivity index (χ1n) is 10.2. The summed E-state index contributed by atoms with van der Waals surface area (Å²) in [5.74, 6) is 1.12. The van der Waals surface area contributed by atoms with Crippen LogP contribution in [0.2, 0.25) is 5.02 Å². The number of rotatable bonds is 6. The van der Waals surface area contributed by atoms with E-state index in [2.05, 4.69) is 36.1 Å². The Balaban J connectivity index is 1.77. The Morgan fingerprint density at radius 2 is 2.06 bits per heavy atom. The lowest BCUT2D eigenvalue weighted by Gasteiger charge is -2.26. The summed E-state index contributed by atoms with van der Waals surface area (Å²) in [4.78, 5) is 29.8. The second kappa shape index (κ2) is 8.99. The number of aromatic nitrogens is 4. The Hall–Kier alpha value is -3.79. The van der Waals surface area contributed by atoms with Crippen LogP contribution in [-0.4, -0.2) is 51.9 Å². The van der Waals surface area contributed by atoms with Crippen molar-refractivity contribution in [1.82, 2.24) is 35.7 Å². The summed E-state index contributed by atoms with van der Waals surface area (Å²) in [6.45, 7) is 3.90. The summed E-state index contributed by atoms with van der Waals surface area (Å²) in [6, 6.07) is 1.65. The molecule has 11 heteroatoms. The summed E-state index contributed by atoms with van der Waals surface area (Å²) in [7, 11) is 5.02. The van der Waals surface area contributed by atoms with Crippen molar-refractivity contribution in [2.75, 3.05) is 26.5 Å². The van der Waals surface area contributed by atoms with Crippen LogP contribution >= 0.6 is 11.6 Å². The minimum Gasteiger partial charge on any atom is -0.496 e. The topological polar surface area (TPSA) is 120 Å². The van der Waals surface area contributed by atoms with Gasteiger partial charge in [0.25, 0.3) is 5.91 Å². The molecule has 1 atom stereocenters. The van der Waals surface area contributed by atoms with E-state index in [4.69, 9.17) is 16.3 Å². The zero-order chi connectivity index (χ0) is 23.7. The van der Waals surface area contributed by atoms with Gasteiger partial charge in [-0.3, -0.25) is 4.79 Å². The Morgan fingerprint density at radius 3 is 2.79 bits per heavy atom. The smallest absolute Gasteiger partial charge is 0.254 e. The fourth-order valence-electron chi connectivity index (χ4n) is 3.71. The van der Waals surface area contributed by atoms with Gasteiger partial charge in [-0.15, -0.1) is 0 Å². The predicted molar refractivity (Wildman–Crippen MR) is 127 cm³/mol. The molecule has 172 valence electrons. The van der Waals surface area contributed by atoms with Gasteiger partial charge in [0, 0.05) is 36.4 Å². The van der Waals surface area contributed by atoms with E-state index < -0.39 is 0 Å². The highest BCUT2D eigenvalue weighted by molar-refractivity contribution is 6.31. The van der Waals surface area contributed by atoms with E-state index in [1.165, 1.54) is 11.2 Å². The first-order chi connectivity index (χ1) is 15.8. The standard InChI is InChI=1S/C22H25ClN8O2/c1-11-15(23)7-14(12(2)29-21-18-20(25-9-24-18)26-10-27-21)19(33-5)17(11)16-6-13(8-28-30-16)22(32)31(3)4/h6-10,12,28,30H,1-5H3,(H2,24,25,26,27,29). The number of ether oxygens (including phenoxy) is 1. The fourth-order valence-corrected chi connectivity index (χ4v) is 3.92. The van der Waals surface area contributed by atoms with Crippen LogP contribution in [0.25, 0.3) is 16.9 Å². The number of anilines is 1. The number of hydrogen-bond acceptors (Lipinski definition) is 8. The van der Waals surface area contributed by atoms with Gasteiger partial charge in [-0.05, 0) is 31.6 Å². The molecule has 0 saturated heterocycles. The molecule has 1 aliphatic rings. The number of nitrogens with one attached hydrogen (secondary N) is 4. The second-order valence-electron chi connectivity index (χ2n) is 7.80. The number of H-pyrrole nitrogens is 1. The molecule has 1 aliphatic heterocycles. The van der Waals surface area contributed by atoms with Gasteiger partial charge in [0.05, 0.1) is 30.7 Å². The summed E-state index contributed by atoms with van der Waals surface area (Å²) in [5.41, 5.74) is 10.9. The van der Waals surface area contributed by atoms with Crippen molar-refractivity contribution in [2.45, 2.75) is 19.9 Å². The third-order valence-electron chi connectivity index (χ3n) is 5.41. The highest BCUT2D eigenvalue weighted by atomic mass is 35.5. The Morgan fingerprint density at radius 1 is 1.27 bits per heavy atom. The molecule has 1 unspecified atom stereocenters. The Labute approximate surface area is 196 Å². The second-order valence-corrected chi connectivity index (χ2v) is 8.20. The lowest BCUT2D eigenvalue weighted by molar-refractivity contribution is -0.124. The molecular formula is C22H25ClN8O2. The highest BCUT2D eigenvalue weighted by Gasteiger charge is 2.25. The van der Waals surface area contributed by atoms with E-state index in [0.29, 0.717) is 39.0 Å². The molecule has 3 heterocycles. The van der Waals surface area contributed by atoms with Crippen LogP contribution < -0.4 is 20.9 Å². The van der Waals surface area contributed by atoms with Crippen LogP contribution in [0.15, 0.2) is 36.6 Å². The molecule has 2 aromatic heterocycles. The minimum absolute atomic E-state index is 0.122. The molecule has 1 aromatic carbocycles. The van der Waals surface area contributed by atoms with E-state index in [-0.39, 0.29) is 11.9 Å². The van der Waals surface area contributed by atoms with Gasteiger partial charge in [0.2, 0.25) is 0 Å². The van der Waals surface area contributed by atoms with Crippen molar-refractivity contribution in [2.24, 2.45) is 0 Å². The van der Waals surface area contributed by atoms with E-state index in [1.54, 1.807) is 39.8 Å². The summed E-state index contributed by atoms with van der Waals surface area (Å²) >= 11 is 6.65. The molecule has 0 radical (unpaired) electrons. The van der Waals surface area contributed by atoms with E-state index in [1.807, 2.05) is 19.9 Å². The summed E-state index contributed by atoms with van der Waals surface area (Å²) < 4.78 is 5.87. The van der Waals surface area contributed by atoms with Gasteiger partial charge in [-0.2, -0.15) is 0 Å². The number of methoxy groups -OCH3 is 1. The molecule has 0 fully saturated rings. The molecule has 33 heavy (non-hydrogen) atoms. The zero-order valence-electron chi connectivity index (χ0n) is 18.9. The van der Waals surface area contributed by atoms with Gasteiger partial charge in [0.15, 0.2) is 11.5 Å². The highest BCUT2D eigenvalue weighted by Crippen LogP contribution is 2.40. The van der Waals surface area contributed by atoms with Crippen LogP contribution in [0, 0.1) is 6.92 Å². The van der Waals surface area contributed by atoms with Crippen molar-refractivity contribution in [3.63, 3.8) is 0 Å².